The Balaban J connectivity index is 1.65. The first-order valence-electron chi connectivity index (χ1n) is 10.6. The van der Waals surface area contributed by atoms with Gasteiger partial charge in [0.25, 0.3) is 5.91 Å². The highest BCUT2D eigenvalue weighted by Gasteiger charge is 2.24. The molecule has 1 aliphatic rings. The molecule has 3 rings (SSSR count). The number of amides is 2. The zero-order chi connectivity index (χ0) is 22.4. The van der Waals surface area contributed by atoms with Crippen molar-refractivity contribution >= 4 is 23.4 Å². The number of rotatable bonds is 7. The predicted molar refractivity (Wildman–Crippen MR) is 120 cm³/mol. The Morgan fingerprint density at radius 2 is 1.74 bits per heavy atom. The molecule has 166 valence electrons. The Bertz CT molecular complexity index is 896. The molecular weight excluding hydrogens is 417 g/mol. The van der Waals surface area contributed by atoms with Crippen LogP contribution in [0.4, 0.5) is 4.39 Å². The van der Waals surface area contributed by atoms with Crippen LogP contribution in [-0.2, 0) is 11.3 Å². The molecule has 1 saturated heterocycles. The Morgan fingerprint density at radius 1 is 1.06 bits per heavy atom. The van der Waals surface area contributed by atoms with E-state index in [0.717, 1.165) is 18.7 Å². The van der Waals surface area contributed by atoms with Gasteiger partial charge in [-0.2, -0.15) is 0 Å². The summed E-state index contributed by atoms with van der Waals surface area (Å²) < 4.78 is 13.3. The van der Waals surface area contributed by atoms with Crippen molar-refractivity contribution in [1.29, 1.82) is 0 Å². The first kappa shape index (κ1) is 23.2. The fraction of sp³-hybridized carbons (Fsp3) is 0.417. The SMILES string of the molecule is CC(C)C(=O)N1CCN(CCN(Cc2ccc(F)cc2)C(=O)c2cccc(Cl)c2)CC1. The number of hydrogen-bond acceptors (Lipinski definition) is 3. The summed E-state index contributed by atoms with van der Waals surface area (Å²) in [6, 6.07) is 13.1. The average Bonchev–Trinajstić information content (AvgIpc) is 2.77. The summed E-state index contributed by atoms with van der Waals surface area (Å²) in [6.07, 6.45) is 0. The second kappa shape index (κ2) is 10.7. The van der Waals surface area contributed by atoms with Crippen LogP contribution in [0.3, 0.4) is 0 Å². The number of nitrogens with zero attached hydrogens (tertiary/aromatic N) is 3. The van der Waals surface area contributed by atoms with E-state index in [1.54, 1.807) is 41.3 Å². The monoisotopic (exact) mass is 445 g/mol. The Labute approximate surface area is 188 Å². The smallest absolute Gasteiger partial charge is 0.254 e. The van der Waals surface area contributed by atoms with Gasteiger partial charge >= 0.3 is 0 Å². The largest absolute Gasteiger partial charge is 0.340 e. The molecule has 2 amide bonds. The van der Waals surface area contributed by atoms with Crippen LogP contribution in [0.1, 0.15) is 29.8 Å². The number of piperazine rings is 1. The van der Waals surface area contributed by atoms with E-state index in [0.29, 0.717) is 43.3 Å². The topological polar surface area (TPSA) is 43.9 Å². The van der Waals surface area contributed by atoms with E-state index in [4.69, 9.17) is 11.6 Å². The van der Waals surface area contributed by atoms with Gasteiger partial charge in [-0.25, -0.2) is 4.39 Å². The van der Waals surface area contributed by atoms with Crippen molar-refractivity contribution in [2.24, 2.45) is 5.92 Å². The van der Waals surface area contributed by atoms with Gasteiger partial charge in [0.2, 0.25) is 5.91 Å². The molecule has 0 aliphatic carbocycles. The summed E-state index contributed by atoms with van der Waals surface area (Å²) in [7, 11) is 0. The number of carbonyl (C=O) groups excluding carboxylic acids is 2. The molecule has 0 saturated carbocycles. The van der Waals surface area contributed by atoms with Gasteiger partial charge in [0.15, 0.2) is 0 Å². The van der Waals surface area contributed by atoms with E-state index in [9.17, 15) is 14.0 Å². The lowest BCUT2D eigenvalue weighted by Gasteiger charge is -2.36. The van der Waals surface area contributed by atoms with Crippen LogP contribution in [0.15, 0.2) is 48.5 Å². The number of benzene rings is 2. The van der Waals surface area contributed by atoms with E-state index < -0.39 is 0 Å². The Kier molecular flexibility index (Phi) is 8.04. The van der Waals surface area contributed by atoms with Crippen molar-refractivity contribution in [3.8, 4) is 0 Å². The number of halogens is 2. The van der Waals surface area contributed by atoms with E-state index in [2.05, 4.69) is 4.90 Å². The van der Waals surface area contributed by atoms with Crippen molar-refractivity contribution in [3.63, 3.8) is 0 Å². The summed E-state index contributed by atoms with van der Waals surface area (Å²) in [5.41, 5.74) is 1.39. The highest BCUT2D eigenvalue weighted by Crippen LogP contribution is 2.16. The molecule has 0 spiro atoms. The maximum absolute atomic E-state index is 13.3. The van der Waals surface area contributed by atoms with Gasteiger partial charge in [0.1, 0.15) is 5.82 Å². The summed E-state index contributed by atoms with van der Waals surface area (Å²) >= 11 is 6.08. The second-order valence-electron chi connectivity index (χ2n) is 8.19. The van der Waals surface area contributed by atoms with Crippen molar-refractivity contribution in [2.75, 3.05) is 39.3 Å². The minimum Gasteiger partial charge on any atom is -0.340 e. The molecule has 0 N–H and O–H groups in total. The molecule has 7 heteroatoms. The lowest BCUT2D eigenvalue weighted by molar-refractivity contribution is -0.136. The van der Waals surface area contributed by atoms with Gasteiger partial charge in [-0.05, 0) is 35.9 Å². The van der Waals surface area contributed by atoms with E-state index in [1.165, 1.54) is 12.1 Å². The quantitative estimate of drug-likeness (QED) is 0.648. The highest BCUT2D eigenvalue weighted by atomic mass is 35.5. The number of hydrogen-bond donors (Lipinski definition) is 0. The molecule has 1 aliphatic heterocycles. The average molecular weight is 446 g/mol. The first-order valence-corrected chi connectivity index (χ1v) is 11.0. The maximum Gasteiger partial charge on any atom is 0.254 e. The van der Waals surface area contributed by atoms with Gasteiger partial charge in [-0.15, -0.1) is 0 Å². The minimum atomic E-state index is -0.301. The standard InChI is InChI=1S/C24H29ClFN3O2/c1-18(2)23(30)28-13-10-27(11-14-28)12-15-29(17-19-6-8-22(26)9-7-19)24(31)20-4-3-5-21(25)16-20/h3-9,16,18H,10-15,17H2,1-2H3. The maximum atomic E-state index is 13.3. The van der Waals surface area contributed by atoms with Crippen molar-refractivity contribution in [2.45, 2.75) is 20.4 Å². The molecule has 0 atom stereocenters. The normalized spacial score (nSPS) is 14.7. The second-order valence-corrected chi connectivity index (χ2v) is 8.62. The zero-order valence-electron chi connectivity index (χ0n) is 18.1. The van der Waals surface area contributed by atoms with Crippen LogP contribution in [0.25, 0.3) is 0 Å². The lowest BCUT2D eigenvalue weighted by atomic mass is 10.1. The zero-order valence-corrected chi connectivity index (χ0v) is 18.8. The fourth-order valence-electron chi connectivity index (χ4n) is 3.69. The lowest BCUT2D eigenvalue weighted by Crippen LogP contribution is -2.51. The third-order valence-electron chi connectivity index (χ3n) is 5.51. The van der Waals surface area contributed by atoms with E-state index in [1.807, 2.05) is 18.7 Å². The van der Waals surface area contributed by atoms with Gasteiger partial charge < -0.3 is 9.80 Å². The van der Waals surface area contributed by atoms with Crippen LogP contribution in [0.2, 0.25) is 5.02 Å². The summed E-state index contributed by atoms with van der Waals surface area (Å²) in [4.78, 5) is 31.3. The molecule has 1 heterocycles. The van der Waals surface area contributed by atoms with E-state index >= 15 is 0 Å². The Morgan fingerprint density at radius 3 is 2.35 bits per heavy atom. The third-order valence-corrected chi connectivity index (χ3v) is 5.74. The Hall–Kier alpha value is -2.44. The summed E-state index contributed by atoms with van der Waals surface area (Å²) in [5.74, 6) is -0.215. The summed E-state index contributed by atoms with van der Waals surface area (Å²) in [5, 5.41) is 0.513. The summed E-state index contributed by atoms with van der Waals surface area (Å²) in [6.45, 7) is 8.44. The third kappa shape index (κ3) is 6.52. The molecular formula is C24H29ClFN3O2. The van der Waals surface area contributed by atoms with Crippen LogP contribution in [0, 0.1) is 11.7 Å². The van der Waals surface area contributed by atoms with Gasteiger partial charge in [0.05, 0.1) is 0 Å². The van der Waals surface area contributed by atoms with Gasteiger partial charge in [0, 0.05) is 62.3 Å². The van der Waals surface area contributed by atoms with Crippen molar-refractivity contribution in [3.05, 3.63) is 70.5 Å². The van der Waals surface area contributed by atoms with E-state index in [-0.39, 0.29) is 23.5 Å². The van der Waals surface area contributed by atoms with Gasteiger partial charge in [-0.3, -0.25) is 14.5 Å². The van der Waals surface area contributed by atoms with Crippen LogP contribution < -0.4 is 0 Å². The molecule has 5 nitrogen and oxygen atoms in total. The minimum absolute atomic E-state index is 0.00747. The highest BCUT2D eigenvalue weighted by molar-refractivity contribution is 6.30. The van der Waals surface area contributed by atoms with Crippen molar-refractivity contribution < 1.29 is 14.0 Å². The molecule has 2 aromatic carbocycles. The first-order chi connectivity index (χ1) is 14.8. The van der Waals surface area contributed by atoms with Crippen LogP contribution >= 0.6 is 11.6 Å². The predicted octanol–water partition coefficient (Wildman–Crippen LogP) is 3.92. The molecule has 0 bridgehead atoms. The van der Waals surface area contributed by atoms with Crippen molar-refractivity contribution in [1.82, 2.24) is 14.7 Å². The fourth-order valence-corrected chi connectivity index (χ4v) is 3.88. The molecule has 0 radical (unpaired) electrons. The molecule has 0 unspecified atom stereocenters. The van der Waals surface area contributed by atoms with Crippen LogP contribution in [0.5, 0.6) is 0 Å². The molecule has 31 heavy (non-hydrogen) atoms. The van der Waals surface area contributed by atoms with Gasteiger partial charge in [-0.1, -0.05) is 43.6 Å². The molecule has 1 fully saturated rings. The van der Waals surface area contributed by atoms with Crippen LogP contribution in [-0.4, -0.2) is 65.8 Å². The molecule has 0 aromatic heterocycles. The number of carbonyl (C=O) groups is 2. The molecule has 2 aromatic rings.